The highest BCUT2D eigenvalue weighted by Gasteiger charge is 2.38. The molecule has 0 spiro atoms. The lowest BCUT2D eigenvalue weighted by atomic mass is 9.70. The van der Waals surface area contributed by atoms with Crippen molar-refractivity contribution in [3.63, 3.8) is 0 Å². The number of allylic oxidation sites excluding steroid dienone is 6. The van der Waals surface area contributed by atoms with Gasteiger partial charge in [-0.1, -0.05) is 39.3 Å². The molecule has 0 heterocycles. The van der Waals surface area contributed by atoms with E-state index in [2.05, 4.69) is 40.7 Å². The van der Waals surface area contributed by atoms with Gasteiger partial charge >= 0.3 is 0 Å². The molecule has 3 nitrogen and oxygen atoms in total. The highest BCUT2D eigenvalue weighted by Crippen LogP contribution is 2.39. The summed E-state index contributed by atoms with van der Waals surface area (Å²) in [5.41, 5.74) is 1.08. The van der Waals surface area contributed by atoms with Crippen LogP contribution in [-0.4, -0.2) is 22.3 Å². The van der Waals surface area contributed by atoms with Crippen LogP contribution in [0.4, 0.5) is 0 Å². The van der Waals surface area contributed by atoms with Gasteiger partial charge in [0.25, 0.3) is 0 Å². The van der Waals surface area contributed by atoms with Gasteiger partial charge in [-0.3, -0.25) is 9.59 Å². The van der Waals surface area contributed by atoms with Crippen molar-refractivity contribution in [1.29, 1.82) is 0 Å². The van der Waals surface area contributed by atoms with Crippen LogP contribution in [0.3, 0.4) is 0 Å². The van der Waals surface area contributed by atoms with E-state index < -0.39 is 5.60 Å². The largest absolute Gasteiger partial charge is 0.390 e. The number of carbonyl (C=O) groups is 2. The summed E-state index contributed by atoms with van der Waals surface area (Å²) in [4.78, 5) is 23.8. The van der Waals surface area contributed by atoms with E-state index in [1.165, 1.54) is 17.7 Å². The molecule has 0 fully saturated rings. The predicted molar refractivity (Wildman–Crippen MR) is 103 cm³/mol. The van der Waals surface area contributed by atoms with Gasteiger partial charge in [-0.2, -0.15) is 0 Å². The molecule has 1 N–H and O–H groups in total. The number of hydrogen-bond donors (Lipinski definition) is 1. The fourth-order valence-electron chi connectivity index (χ4n) is 3.09. The maximum atomic E-state index is 12.2. The Labute approximate surface area is 152 Å². The number of aliphatic hydroxyl groups is 1. The summed E-state index contributed by atoms with van der Waals surface area (Å²) in [5, 5.41) is 11.0. The molecule has 0 bridgehead atoms. The quantitative estimate of drug-likeness (QED) is 0.500. The minimum absolute atomic E-state index is 0.0825. The lowest BCUT2D eigenvalue weighted by Crippen LogP contribution is -2.41. The Kier molecular flexibility index (Phi) is 7.13. The van der Waals surface area contributed by atoms with Crippen molar-refractivity contribution in [2.75, 3.05) is 0 Å². The molecule has 1 atom stereocenters. The Bertz CT molecular complexity index is 613. The lowest BCUT2D eigenvalue weighted by Gasteiger charge is -2.40. The first-order valence-electron chi connectivity index (χ1n) is 9.21. The third-order valence-corrected chi connectivity index (χ3v) is 5.36. The Balaban J connectivity index is 2.76. The van der Waals surface area contributed by atoms with Crippen molar-refractivity contribution in [1.82, 2.24) is 0 Å². The van der Waals surface area contributed by atoms with Gasteiger partial charge in [-0.15, -0.1) is 0 Å². The minimum Gasteiger partial charge on any atom is -0.390 e. The van der Waals surface area contributed by atoms with E-state index >= 15 is 0 Å². The third kappa shape index (κ3) is 6.07. The fourth-order valence-corrected chi connectivity index (χ4v) is 3.09. The first-order chi connectivity index (χ1) is 11.4. The average Bonchev–Trinajstić information content (AvgIpc) is 2.46. The molecule has 3 heteroatoms. The zero-order valence-corrected chi connectivity index (χ0v) is 16.9. The zero-order valence-electron chi connectivity index (χ0n) is 16.9. The molecular formula is C22H34O3. The maximum Gasteiger partial charge on any atom is 0.184 e. The van der Waals surface area contributed by atoms with E-state index in [0.29, 0.717) is 29.9 Å². The Morgan fingerprint density at radius 2 is 1.80 bits per heavy atom. The van der Waals surface area contributed by atoms with Crippen molar-refractivity contribution < 1.29 is 14.7 Å². The second-order valence-electron chi connectivity index (χ2n) is 8.74. The van der Waals surface area contributed by atoms with E-state index in [0.717, 1.165) is 12.8 Å². The van der Waals surface area contributed by atoms with E-state index in [4.69, 9.17) is 0 Å². The monoisotopic (exact) mass is 346 g/mol. The van der Waals surface area contributed by atoms with Crippen LogP contribution in [-0.2, 0) is 9.59 Å². The van der Waals surface area contributed by atoms with Crippen LogP contribution in [0.15, 0.2) is 34.9 Å². The van der Waals surface area contributed by atoms with E-state index in [1.54, 1.807) is 6.92 Å². The molecule has 1 unspecified atom stereocenters. The van der Waals surface area contributed by atoms with Crippen LogP contribution < -0.4 is 0 Å². The van der Waals surface area contributed by atoms with Crippen molar-refractivity contribution in [2.45, 2.75) is 79.8 Å². The summed E-state index contributed by atoms with van der Waals surface area (Å²) in [6.07, 6.45) is 7.71. The molecule has 0 aromatic heterocycles. The van der Waals surface area contributed by atoms with Crippen LogP contribution in [0.1, 0.15) is 74.1 Å². The molecular weight excluding hydrogens is 312 g/mol. The van der Waals surface area contributed by atoms with Gasteiger partial charge in [0.2, 0.25) is 0 Å². The highest BCUT2D eigenvalue weighted by molar-refractivity contribution is 6.19. The molecule has 140 valence electrons. The Hall–Kier alpha value is -1.48. The zero-order chi connectivity index (χ0) is 19.4. The highest BCUT2D eigenvalue weighted by atomic mass is 16.3. The first-order valence-corrected chi connectivity index (χ1v) is 9.21. The van der Waals surface area contributed by atoms with Gasteiger partial charge in [0.05, 0.1) is 5.60 Å². The lowest BCUT2D eigenvalue weighted by molar-refractivity contribution is -0.115. The number of carbonyl (C=O) groups excluding carboxylic acids is 2. The van der Waals surface area contributed by atoms with Crippen LogP contribution in [0.2, 0.25) is 0 Å². The minimum atomic E-state index is -0.930. The summed E-state index contributed by atoms with van der Waals surface area (Å²) in [7, 11) is 0. The van der Waals surface area contributed by atoms with Gasteiger partial charge < -0.3 is 5.11 Å². The SMILES string of the molecule is CC1=CC(=O)C=C(CCC(C)(O)C(C)(C)C/C=C(\C)CC(C)C)C1=O. The molecule has 0 saturated heterocycles. The average molecular weight is 347 g/mol. The predicted octanol–water partition coefficient (Wildman–Crippen LogP) is 4.95. The van der Waals surface area contributed by atoms with Gasteiger partial charge in [-0.25, -0.2) is 0 Å². The smallest absolute Gasteiger partial charge is 0.184 e. The van der Waals surface area contributed by atoms with Gasteiger partial charge in [0, 0.05) is 11.1 Å². The standard InChI is InChI=1S/C22H34O3/c1-15(2)12-16(3)8-10-21(5,6)22(7,25)11-9-18-14-19(23)13-17(4)20(18)24/h8,13-15,25H,9-12H2,1-7H3/b16-8+. The van der Waals surface area contributed by atoms with Gasteiger partial charge in [0.1, 0.15) is 0 Å². The van der Waals surface area contributed by atoms with Crippen LogP contribution >= 0.6 is 0 Å². The second-order valence-corrected chi connectivity index (χ2v) is 8.74. The summed E-state index contributed by atoms with van der Waals surface area (Å²) < 4.78 is 0. The Morgan fingerprint density at radius 1 is 1.20 bits per heavy atom. The van der Waals surface area contributed by atoms with Crippen LogP contribution in [0, 0.1) is 11.3 Å². The van der Waals surface area contributed by atoms with Gasteiger partial charge in [0.15, 0.2) is 11.6 Å². The maximum absolute atomic E-state index is 12.2. The molecule has 1 aliphatic rings. The molecule has 0 radical (unpaired) electrons. The number of rotatable bonds is 8. The topological polar surface area (TPSA) is 54.4 Å². The van der Waals surface area contributed by atoms with Gasteiger partial charge in [-0.05, 0) is 69.9 Å². The van der Waals surface area contributed by atoms with E-state index in [1.807, 2.05) is 6.92 Å². The summed E-state index contributed by atoms with van der Waals surface area (Å²) in [6.45, 7) is 14.1. The molecule has 0 aliphatic heterocycles. The summed E-state index contributed by atoms with van der Waals surface area (Å²) in [5.74, 6) is 0.400. The second kappa shape index (κ2) is 8.27. The van der Waals surface area contributed by atoms with Crippen LogP contribution in [0.25, 0.3) is 0 Å². The molecule has 0 saturated carbocycles. The van der Waals surface area contributed by atoms with E-state index in [-0.39, 0.29) is 17.0 Å². The van der Waals surface area contributed by atoms with Crippen molar-refractivity contribution in [2.24, 2.45) is 11.3 Å². The number of ketones is 2. The molecule has 25 heavy (non-hydrogen) atoms. The molecule has 1 rings (SSSR count). The molecule has 1 aliphatic carbocycles. The van der Waals surface area contributed by atoms with Crippen molar-refractivity contribution in [3.8, 4) is 0 Å². The summed E-state index contributed by atoms with van der Waals surface area (Å²) >= 11 is 0. The van der Waals surface area contributed by atoms with Crippen LogP contribution in [0.5, 0.6) is 0 Å². The number of hydrogen-bond acceptors (Lipinski definition) is 3. The van der Waals surface area contributed by atoms with E-state index in [9.17, 15) is 14.7 Å². The number of Topliss-reactive ketones (excluding diaryl/α,β-unsaturated/α-hetero) is 1. The van der Waals surface area contributed by atoms with Crippen molar-refractivity contribution in [3.05, 3.63) is 34.9 Å². The molecule has 0 aromatic rings. The fraction of sp³-hybridized carbons (Fsp3) is 0.636. The van der Waals surface area contributed by atoms with Crippen molar-refractivity contribution >= 4 is 11.6 Å². The first kappa shape index (κ1) is 21.6. The molecule has 0 aromatic carbocycles. The third-order valence-electron chi connectivity index (χ3n) is 5.36. The summed E-state index contributed by atoms with van der Waals surface area (Å²) in [6, 6.07) is 0. The normalized spacial score (nSPS) is 19.0. The Morgan fingerprint density at radius 3 is 2.36 bits per heavy atom. The molecule has 0 amide bonds.